The van der Waals surface area contributed by atoms with Crippen molar-refractivity contribution in [1.82, 2.24) is 10.3 Å². The Bertz CT molecular complexity index is 300. The molecule has 0 bridgehead atoms. The summed E-state index contributed by atoms with van der Waals surface area (Å²) in [7, 11) is 0. The van der Waals surface area contributed by atoms with Crippen LogP contribution in [-0.4, -0.2) is 24.2 Å². The summed E-state index contributed by atoms with van der Waals surface area (Å²) in [5, 5.41) is 3.40. The zero-order valence-corrected chi connectivity index (χ0v) is 9.72. The Hall–Kier alpha value is -0.800. The third-order valence-corrected chi connectivity index (χ3v) is 2.56. The summed E-state index contributed by atoms with van der Waals surface area (Å²) in [4.78, 5) is 4.18. The fraction of sp³-hybridized carbons (Fsp3) is 0.545. The maximum absolute atomic E-state index is 5.70. The molecule has 1 fully saturated rings. The highest BCUT2D eigenvalue weighted by Crippen LogP contribution is 2.15. The molecule has 2 rings (SSSR count). The molecule has 2 heterocycles. The standard InChI is InChI=1S/C11H16N2O.ClH/c1-9-11(5-3-6-12-9)14-8-10-4-2-7-13-10;/h3,5-6,10,13H,2,4,7-8H2,1H3;1H. The molecule has 1 unspecified atom stereocenters. The highest BCUT2D eigenvalue weighted by atomic mass is 35.5. The molecule has 1 aliphatic rings. The number of nitrogens with zero attached hydrogens (tertiary/aromatic N) is 1. The van der Waals surface area contributed by atoms with E-state index in [-0.39, 0.29) is 12.4 Å². The summed E-state index contributed by atoms with van der Waals surface area (Å²) < 4.78 is 5.70. The maximum Gasteiger partial charge on any atom is 0.140 e. The number of aryl methyl sites for hydroxylation is 1. The topological polar surface area (TPSA) is 34.1 Å². The number of pyridine rings is 1. The third-order valence-electron chi connectivity index (χ3n) is 2.56. The quantitative estimate of drug-likeness (QED) is 0.859. The molecular weight excluding hydrogens is 212 g/mol. The Balaban J connectivity index is 0.00000112. The van der Waals surface area contributed by atoms with Crippen LogP contribution in [0.1, 0.15) is 18.5 Å². The van der Waals surface area contributed by atoms with Crippen molar-refractivity contribution in [3.8, 4) is 5.75 Å². The monoisotopic (exact) mass is 228 g/mol. The van der Waals surface area contributed by atoms with Gasteiger partial charge in [0.2, 0.25) is 0 Å². The molecule has 84 valence electrons. The fourth-order valence-corrected chi connectivity index (χ4v) is 1.71. The highest BCUT2D eigenvalue weighted by Gasteiger charge is 2.14. The lowest BCUT2D eigenvalue weighted by molar-refractivity contribution is 0.274. The van der Waals surface area contributed by atoms with E-state index in [9.17, 15) is 0 Å². The molecule has 0 aromatic carbocycles. The molecule has 0 aliphatic carbocycles. The van der Waals surface area contributed by atoms with Gasteiger partial charge in [0.15, 0.2) is 0 Å². The van der Waals surface area contributed by atoms with Crippen LogP contribution in [0.25, 0.3) is 0 Å². The molecule has 0 spiro atoms. The number of rotatable bonds is 3. The molecule has 1 aromatic rings. The van der Waals surface area contributed by atoms with Crippen molar-refractivity contribution in [3.05, 3.63) is 24.0 Å². The first kappa shape index (κ1) is 12.3. The largest absolute Gasteiger partial charge is 0.490 e. The number of ether oxygens (including phenoxy) is 1. The van der Waals surface area contributed by atoms with Gasteiger partial charge in [-0.1, -0.05) is 0 Å². The van der Waals surface area contributed by atoms with Crippen molar-refractivity contribution in [3.63, 3.8) is 0 Å². The third kappa shape index (κ3) is 3.36. The molecule has 0 amide bonds. The van der Waals surface area contributed by atoms with E-state index in [4.69, 9.17) is 4.74 Å². The first-order valence-electron chi connectivity index (χ1n) is 5.14. The first-order chi connectivity index (χ1) is 6.86. The number of halogens is 1. The summed E-state index contributed by atoms with van der Waals surface area (Å²) in [5.74, 6) is 0.904. The van der Waals surface area contributed by atoms with Gasteiger partial charge in [-0.05, 0) is 38.4 Å². The van der Waals surface area contributed by atoms with Gasteiger partial charge in [0.25, 0.3) is 0 Å². The second-order valence-electron chi connectivity index (χ2n) is 3.69. The van der Waals surface area contributed by atoms with E-state index in [1.807, 2.05) is 19.1 Å². The SMILES string of the molecule is Cc1ncccc1OCC1CCCN1.Cl. The van der Waals surface area contributed by atoms with E-state index in [0.29, 0.717) is 6.04 Å². The predicted octanol–water partition coefficient (Wildman–Crippen LogP) is 1.94. The minimum Gasteiger partial charge on any atom is -0.490 e. The van der Waals surface area contributed by atoms with Gasteiger partial charge >= 0.3 is 0 Å². The lowest BCUT2D eigenvalue weighted by atomic mass is 10.2. The Labute approximate surface area is 96.7 Å². The second-order valence-corrected chi connectivity index (χ2v) is 3.69. The van der Waals surface area contributed by atoms with Gasteiger partial charge in [0.05, 0.1) is 5.69 Å². The van der Waals surface area contributed by atoms with E-state index >= 15 is 0 Å². The Kier molecular flexibility index (Phi) is 4.85. The molecule has 1 atom stereocenters. The van der Waals surface area contributed by atoms with Crippen LogP contribution >= 0.6 is 12.4 Å². The Morgan fingerprint density at radius 1 is 1.60 bits per heavy atom. The summed E-state index contributed by atoms with van der Waals surface area (Å²) >= 11 is 0. The molecule has 0 radical (unpaired) electrons. The lowest BCUT2D eigenvalue weighted by Gasteiger charge is -2.12. The predicted molar refractivity (Wildman–Crippen MR) is 62.7 cm³/mol. The normalized spacial score (nSPS) is 19.7. The van der Waals surface area contributed by atoms with Gasteiger partial charge in [-0.2, -0.15) is 0 Å². The van der Waals surface area contributed by atoms with Crippen LogP contribution in [0.3, 0.4) is 0 Å². The molecule has 1 N–H and O–H groups in total. The molecule has 1 aromatic heterocycles. The van der Waals surface area contributed by atoms with Gasteiger partial charge in [0, 0.05) is 12.2 Å². The first-order valence-corrected chi connectivity index (χ1v) is 5.14. The van der Waals surface area contributed by atoms with Crippen molar-refractivity contribution >= 4 is 12.4 Å². The molecular formula is C11H17ClN2O. The molecule has 1 saturated heterocycles. The van der Waals surface area contributed by atoms with Gasteiger partial charge in [0.1, 0.15) is 12.4 Å². The van der Waals surface area contributed by atoms with Crippen LogP contribution in [0.15, 0.2) is 18.3 Å². The van der Waals surface area contributed by atoms with Crippen molar-refractivity contribution in [1.29, 1.82) is 0 Å². The second kappa shape index (κ2) is 5.93. The molecule has 15 heavy (non-hydrogen) atoms. The average molecular weight is 229 g/mol. The van der Waals surface area contributed by atoms with Crippen LogP contribution in [0.5, 0.6) is 5.75 Å². The van der Waals surface area contributed by atoms with Crippen molar-refractivity contribution in [2.45, 2.75) is 25.8 Å². The smallest absolute Gasteiger partial charge is 0.140 e. The molecule has 4 heteroatoms. The maximum atomic E-state index is 5.70. The van der Waals surface area contributed by atoms with E-state index in [0.717, 1.165) is 24.6 Å². The van der Waals surface area contributed by atoms with Gasteiger partial charge < -0.3 is 10.1 Å². The fourth-order valence-electron chi connectivity index (χ4n) is 1.71. The number of aromatic nitrogens is 1. The Morgan fingerprint density at radius 3 is 3.13 bits per heavy atom. The van der Waals surface area contributed by atoms with Crippen LogP contribution in [-0.2, 0) is 0 Å². The van der Waals surface area contributed by atoms with Crippen LogP contribution in [0.4, 0.5) is 0 Å². The van der Waals surface area contributed by atoms with Gasteiger partial charge in [-0.15, -0.1) is 12.4 Å². The zero-order valence-electron chi connectivity index (χ0n) is 8.90. The molecule has 0 saturated carbocycles. The summed E-state index contributed by atoms with van der Waals surface area (Å²) in [5.41, 5.74) is 0.963. The Morgan fingerprint density at radius 2 is 2.47 bits per heavy atom. The summed E-state index contributed by atoms with van der Waals surface area (Å²) in [6, 6.07) is 4.40. The minimum absolute atomic E-state index is 0. The van der Waals surface area contributed by atoms with E-state index in [2.05, 4.69) is 10.3 Å². The average Bonchev–Trinajstić information content (AvgIpc) is 2.69. The van der Waals surface area contributed by atoms with Crippen LogP contribution in [0, 0.1) is 6.92 Å². The van der Waals surface area contributed by atoms with Crippen LogP contribution in [0.2, 0.25) is 0 Å². The highest BCUT2D eigenvalue weighted by molar-refractivity contribution is 5.85. The summed E-state index contributed by atoms with van der Waals surface area (Å²) in [6.07, 6.45) is 4.27. The summed E-state index contributed by atoms with van der Waals surface area (Å²) in [6.45, 7) is 3.85. The molecule has 1 aliphatic heterocycles. The van der Waals surface area contributed by atoms with Gasteiger partial charge in [-0.25, -0.2) is 0 Å². The number of hydrogen-bond acceptors (Lipinski definition) is 3. The van der Waals surface area contributed by atoms with Gasteiger partial charge in [-0.3, -0.25) is 4.98 Å². The van der Waals surface area contributed by atoms with Crippen molar-refractivity contribution < 1.29 is 4.74 Å². The van der Waals surface area contributed by atoms with Crippen molar-refractivity contribution in [2.75, 3.05) is 13.2 Å². The zero-order chi connectivity index (χ0) is 9.80. The minimum atomic E-state index is 0. The number of hydrogen-bond donors (Lipinski definition) is 1. The lowest BCUT2D eigenvalue weighted by Crippen LogP contribution is -2.28. The van der Waals surface area contributed by atoms with Crippen molar-refractivity contribution in [2.24, 2.45) is 0 Å². The molecule has 3 nitrogen and oxygen atoms in total. The van der Waals surface area contributed by atoms with E-state index in [1.165, 1.54) is 12.8 Å². The van der Waals surface area contributed by atoms with Crippen LogP contribution < -0.4 is 10.1 Å². The number of nitrogens with one attached hydrogen (secondary N) is 1. The van der Waals surface area contributed by atoms with E-state index < -0.39 is 0 Å². The van der Waals surface area contributed by atoms with E-state index in [1.54, 1.807) is 6.20 Å².